The molecule has 0 atom stereocenters. The van der Waals surface area contributed by atoms with Gasteiger partial charge in [0.1, 0.15) is 6.61 Å². The molecule has 0 N–H and O–H groups in total. The molecular formula is C35H43NO2S. The van der Waals surface area contributed by atoms with Gasteiger partial charge in [-0.15, -0.1) is 11.8 Å². The molecule has 0 aliphatic carbocycles. The van der Waals surface area contributed by atoms with Gasteiger partial charge in [-0.1, -0.05) is 105 Å². The second-order valence-corrected chi connectivity index (χ2v) is 10.7. The lowest BCUT2D eigenvalue weighted by molar-refractivity contribution is 0.121. The van der Waals surface area contributed by atoms with Crippen LogP contribution in [0.15, 0.2) is 107 Å². The van der Waals surface area contributed by atoms with Gasteiger partial charge in [0, 0.05) is 21.8 Å². The Labute approximate surface area is 239 Å². The summed E-state index contributed by atoms with van der Waals surface area (Å²) >= 11 is 1.81. The second-order valence-electron chi connectivity index (χ2n) is 9.57. The molecule has 206 valence electrons. The molecule has 4 heteroatoms. The molecule has 1 heterocycles. The smallest absolute Gasteiger partial charge is 0.197 e. The molecular weight excluding hydrogens is 498 g/mol. The van der Waals surface area contributed by atoms with Gasteiger partial charge in [-0.3, -0.25) is 4.79 Å². The molecule has 0 amide bonds. The van der Waals surface area contributed by atoms with Crippen LogP contribution in [0.2, 0.25) is 0 Å². The third kappa shape index (κ3) is 10.1. The second kappa shape index (κ2) is 17.4. The first-order valence-corrected chi connectivity index (χ1v) is 15.3. The third-order valence-electron chi connectivity index (χ3n) is 6.42. The molecule has 0 saturated carbocycles. The first-order valence-electron chi connectivity index (χ1n) is 14.3. The van der Waals surface area contributed by atoms with Crippen molar-refractivity contribution in [2.24, 2.45) is 0 Å². The highest BCUT2D eigenvalue weighted by Crippen LogP contribution is 2.28. The first-order chi connectivity index (χ1) is 19.2. The van der Waals surface area contributed by atoms with E-state index in [0.29, 0.717) is 17.7 Å². The van der Waals surface area contributed by atoms with Gasteiger partial charge in [-0.25, -0.2) is 0 Å². The summed E-state index contributed by atoms with van der Waals surface area (Å²) in [5.74, 6) is 0.916. The summed E-state index contributed by atoms with van der Waals surface area (Å²) in [6.07, 6.45) is 25.0. The SMILES string of the molecule is CC=CC=CCc1cc(SCC=CCCCCCCC)cc(-c2cn(OCC)cc(-c3ccccc3)c2=O)c1. The maximum absolute atomic E-state index is 13.8. The van der Waals surface area contributed by atoms with E-state index in [9.17, 15) is 4.79 Å². The molecule has 3 aromatic rings. The van der Waals surface area contributed by atoms with Gasteiger partial charge < -0.3 is 4.84 Å². The highest BCUT2D eigenvalue weighted by Gasteiger charge is 2.14. The Morgan fingerprint density at radius 1 is 0.846 bits per heavy atom. The molecule has 0 saturated heterocycles. The lowest BCUT2D eigenvalue weighted by Crippen LogP contribution is -2.18. The number of rotatable bonds is 16. The van der Waals surface area contributed by atoms with Gasteiger partial charge >= 0.3 is 0 Å². The van der Waals surface area contributed by atoms with E-state index in [1.807, 2.05) is 74.3 Å². The summed E-state index contributed by atoms with van der Waals surface area (Å²) in [5, 5.41) is 0. The zero-order valence-corrected chi connectivity index (χ0v) is 24.6. The van der Waals surface area contributed by atoms with Crippen molar-refractivity contribution in [3.8, 4) is 22.3 Å². The maximum atomic E-state index is 13.8. The van der Waals surface area contributed by atoms with E-state index >= 15 is 0 Å². The van der Waals surface area contributed by atoms with E-state index in [4.69, 9.17) is 4.84 Å². The molecule has 0 unspecified atom stereocenters. The molecule has 2 aromatic carbocycles. The van der Waals surface area contributed by atoms with Crippen molar-refractivity contribution < 1.29 is 4.84 Å². The Bertz CT molecular complexity index is 1290. The van der Waals surface area contributed by atoms with Crippen molar-refractivity contribution in [2.75, 3.05) is 12.4 Å². The van der Waals surface area contributed by atoms with Crippen LogP contribution in [-0.2, 0) is 6.42 Å². The van der Waals surface area contributed by atoms with Crippen LogP contribution in [-0.4, -0.2) is 17.1 Å². The van der Waals surface area contributed by atoms with Crippen LogP contribution in [0.1, 0.15) is 64.9 Å². The highest BCUT2D eigenvalue weighted by molar-refractivity contribution is 7.99. The number of nitrogens with zero attached hydrogens (tertiary/aromatic N) is 1. The van der Waals surface area contributed by atoms with Crippen LogP contribution in [0.25, 0.3) is 22.3 Å². The maximum Gasteiger partial charge on any atom is 0.197 e. The lowest BCUT2D eigenvalue weighted by atomic mass is 9.99. The largest absolute Gasteiger partial charge is 0.415 e. The third-order valence-corrected chi connectivity index (χ3v) is 7.35. The predicted octanol–water partition coefficient (Wildman–Crippen LogP) is 9.31. The molecule has 0 radical (unpaired) electrons. The molecule has 0 fully saturated rings. The zero-order valence-electron chi connectivity index (χ0n) is 23.8. The standard InChI is InChI=1S/C35H43NO2S/c1-4-7-9-11-12-13-14-19-23-39-32-25-29(20-16-10-8-5-2)24-31(26-32)34-28-36(38-6-3)27-33(35(34)37)30-21-17-15-18-22-30/h5,8,10,14-19,21-22,24-28H,4,6-7,9,11-13,20,23H2,1-3H3. The Kier molecular flexibility index (Phi) is 13.5. The quantitative estimate of drug-likeness (QED) is 0.0783. The average molecular weight is 542 g/mol. The number of allylic oxidation sites excluding steroid dienone is 5. The Balaban J connectivity index is 1.90. The van der Waals surface area contributed by atoms with Gasteiger partial charge in [-0.2, -0.15) is 4.73 Å². The van der Waals surface area contributed by atoms with Crippen LogP contribution in [0.3, 0.4) is 0 Å². The minimum Gasteiger partial charge on any atom is -0.415 e. The van der Waals surface area contributed by atoms with Crippen molar-refractivity contribution in [3.05, 3.63) is 113 Å². The summed E-state index contributed by atoms with van der Waals surface area (Å²) in [4.78, 5) is 20.7. The van der Waals surface area contributed by atoms with E-state index in [1.165, 1.54) is 42.6 Å². The number of pyridine rings is 1. The minimum atomic E-state index is 0.0117. The van der Waals surface area contributed by atoms with Gasteiger partial charge in [0.15, 0.2) is 5.43 Å². The van der Waals surface area contributed by atoms with Crippen LogP contribution >= 0.6 is 11.8 Å². The number of hydrogen-bond acceptors (Lipinski definition) is 3. The number of thioether (sulfide) groups is 1. The number of hydrogen-bond donors (Lipinski definition) is 0. The van der Waals surface area contributed by atoms with E-state index in [1.54, 1.807) is 10.9 Å². The molecule has 3 nitrogen and oxygen atoms in total. The molecule has 0 spiro atoms. The fourth-order valence-electron chi connectivity index (χ4n) is 4.41. The van der Waals surface area contributed by atoms with Crippen molar-refractivity contribution in [2.45, 2.75) is 70.6 Å². The van der Waals surface area contributed by atoms with Crippen LogP contribution in [0.5, 0.6) is 0 Å². The molecule has 1 aromatic heterocycles. The summed E-state index contributed by atoms with van der Waals surface area (Å²) in [5.41, 5.74) is 4.29. The van der Waals surface area contributed by atoms with Gasteiger partial charge in [0.25, 0.3) is 0 Å². The Hall–Kier alpha value is -3.24. The van der Waals surface area contributed by atoms with E-state index in [2.05, 4.69) is 49.4 Å². The van der Waals surface area contributed by atoms with Crippen molar-refractivity contribution in [1.29, 1.82) is 0 Å². The van der Waals surface area contributed by atoms with Crippen molar-refractivity contribution in [1.82, 2.24) is 4.73 Å². The monoisotopic (exact) mass is 541 g/mol. The van der Waals surface area contributed by atoms with Crippen LogP contribution < -0.4 is 10.3 Å². The van der Waals surface area contributed by atoms with Gasteiger partial charge in [0.2, 0.25) is 0 Å². The fraction of sp³-hybridized carbons (Fsp3) is 0.343. The summed E-state index contributed by atoms with van der Waals surface area (Å²) in [7, 11) is 0. The zero-order chi connectivity index (χ0) is 27.7. The molecule has 0 aliphatic rings. The van der Waals surface area contributed by atoms with E-state index in [0.717, 1.165) is 29.7 Å². The van der Waals surface area contributed by atoms with Crippen molar-refractivity contribution in [3.63, 3.8) is 0 Å². The molecule has 0 bridgehead atoms. The summed E-state index contributed by atoms with van der Waals surface area (Å²) in [6, 6.07) is 16.3. The molecule has 0 aliphatic heterocycles. The number of unbranched alkanes of at least 4 members (excludes halogenated alkanes) is 5. The van der Waals surface area contributed by atoms with E-state index < -0.39 is 0 Å². The highest BCUT2D eigenvalue weighted by atomic mass is 32.2. The topological polar surface area (TPSA) is 31.2 Å². The normalized spacial score (nSPS) is 11.8. The number of aromatic nitrogens is 1. The number of benzene rings is 2. The Morgan fingerprint density at radius 3 is 2.36 bits per heavy atom. The summed E-state index contributed by atoms with van der Waals surface area (Å²) in [6.45, 7) is 6.73. The van der Waals surface area contributed by atoms with Crippen molar-refractivity contribution >= 4 is 11.8 Å². The van der Waals surface area contributed by atoms with Gasteiger partial charge in [0.05, 0.1) is 12.4 Å². The van der Waals surface area contributed by atoms with Crippen LogP contribution in [0.4, 0.5) is 0 Å². The Morgan fingerprint density at radius 2 is 1.62 bits per heavy atom. The van der Waals surface area contributed by atoms with Gasteiger partial charge in [-0.05, 0) is 61.9 Å². The summed E-state index contributed by atoms with van der Waals surface area (Å²) < 4.78 is 1.67. The minimum absolute atomic E-state index is 0.0117. The average Bonchev–Trinajstić information content (AvgIpc) is 2.96. The predicted molar refractivity (Wildman–Crippen MR) is 170 cm³/mol. The lowest BCUT2D eigenvalue weighted by Gasteiger charge is -2.14. The van der Waals surface area contributed by atoms with Crippen LogP contribution in [0, 0.1) is 0 Å². The molecule has 39 heavy (non-hydrogen) atoms. The molecule has 3 rings (SSSR count). The fourth-order valence-corrected chi connectivity index (χ4v) is 5.28. The van der Waals surface area contributed by atoms with E-state index in [-0.39, 0.29) is 5.43 Å². The first kappa shape index (κ1) is 30.3.